The van der Waals surface area contributed by atoms with Crippen LogP contribution in [0.3, 0.4) is 0 Å². The SMILES string of the molecule is CCC(C#N)S(=O)(=O)N1CCC(C(C)N)CC1. The smallest absolute Gasteiger partial charge is 0.230 e. The number of sulfonamides is 1. The summed E-state index contributed by atoms with van der Waals surface area (Å²) in [5.41, 5.74) is 5.81. The molecule has 0 aromatic heterocycles. The van der Waals surface area contributed by atoms with E-state index in [0.29, 0.717) is 25.4 Å². The first-order valence-corrected chi connectivity index (χ1v) is 7.58. The largest absolute Gasteiger partial charge is 0.328 e. The minimum atomic E-state index is -3.44. The third-order valence-electron chi connectivity index (χ3n) is 3.48. The Labute approximate surface area is 104 Å². The topological polar surface area (TPSA) is 87.2 Å². The van der Waals surface area contributed by atoms with Crippen LogP contribution in [0.25, 0.3) is 0 Å². The Hall–Kier alpha value is -0.640. The molecule has 1 aliphatic heterocycles. The fourth-order valence-electron chi connectivity index (χ4n) is 2.20. The van der Waals surface area contributed by atoms with E-state index >= 15 is 0 Å². The van der Waals surface area contributed by atoms with Crippen LogP contribution in [0, 0.1) is 17.2 Å². The highest BCUT2D eigenvalue weighted by molar-refractivity contribution is 7.90. The molecule has 0 saturated carbocycles. The van der Waals surface area contributed by atoms with Crippen LogP contribution < -0.4 is 5.73 Å². The van der Waals surface area contributed by atoms with Gasteiger partial charge < -0.3 is 5.73 Å². The minimum Gasteiger partial charge on any atom is -0.328 e. The number of nitrogens with two attached hydrogens (primary N) is 1. The fraction of sp³-hybridized carbons (Fsp3) is 0.909. The Kier molecular flexibility index (Phi) is 4.92. The lowest BCUT2D eigenvalue weighted by Gasteiger charge is -2.33. The standard InChI is InChI=1S/C11H21N3O2S/c1-3-11(8-12)17(15,16)14-6-4-10(5-7-14)9(2)13/h9-11H,3-7,13H2,1-2H3. The molecule has 0 amide bonds. The number of piperidine rings is 1. The Bertz CT molecular complexity index is 378. The average Bonchev–Trinajstić information content (AvgIpc) is 2.30. The maximum Gasteiger partial charge on any atom is 0.230 e. The van der Waals surface area contributed by atoms with E-state index in [1.807, 2.05) is 13.0 Å². The molecule has 0 aromatic carbocycles. The Morgan fingerprint density at radius 2 is 2.00 bits per heavy atom. The van der Waals surface area contributed by atoms with Gasteiger partial charge in [0.25, 0.3) is 0 Å². The first-order valence-electron chi connectivity index (χ1n) is 6.07. The summed E-state index contributed by atoms with van der Waals surface area (Å²) in [5, 5.41) is 7.95. The molecule has 1 rings (SSSR count). The number of nitrogens with zero attached hydrogens (tertiary/aromatic N) is 2. The highest BCUT2D eigenvalue weighted by Crippen LogP contribution is 2.23. The molecular weight excluding hydrogens is 238 g/mol. The van der Waals surface area contributed by atoms with E-state index in [-0.39, 0.29) is 6.04 Å². The lowest BCUT2D eigenvalue weighted by Crippen LogP contribution is -2.45. The first kappa shape index (κ1) is 14.4. The summed E-state index contributed by atoms with van der Waals surface area (Å²) in [4.78, 5) is 0. The van der Waals surface area contributed by atoms with Crippen molar-refractivity contribution in [3.8, 4) is 6.07 Å². The van der Waals surface area contributed by atoms with Gasteiger partial charge in [0.05, 0.1) is 6.07 Å². The van der Waals surface area contributed by atoms with Gasteiger partial charge in [0, 0.05) is 19.1 Å². The molecule has 1 saturated heterocycles. The molecule has 0 bridgehead atoms. The molecular formula is C11H21N3O2S. The van der Waals surface area contributed by atoms with Gasteiger partial charge >= 0.3 is 0 Å². The first-order chi connectivity index (χ1) is 7.93. The van der Waals surface area contributed by atoms with Crippen LogP contribution in [-0.4, -0.2) is 37.1 Å². The molecule has 1 aliphatic rings. The lowest BCUT2D eigenvalue weighted by molar-refractivity contribution is 0.250. The molecule has 0 aromatic rings. The van der Waals surface area contributed by atoms with Gasteiger partial charge in [0.15, 0.2) is 5.25 Å². The van der Waals surface area contributed by atoms with E-state index in [4.69, 9.17) is 11.0 Å². The average molecular weight is 259 g/mol. The normalized spacial score (nSPS) is 22.9. The van der Waals surface area contributed by atoms with E-state index in [0.717, 1.165) is 12.8 Å². The van der Waals surface area contributed by atoms with Crippen LogP contribution in [0.2, 0.25) is 0 Å². The van der Waals surface area contributed by atoms with Crippen LogP contribution >= 0.6 is 0 Å². The zero-order valence-electron chi connectivity index (χ0n) is 10.5. The molecule has 0 radical (unpaired) electrons. The molecule has 6 heteroatoms. The Morgan fingerprint density at radius 1 is 1.47 bits per heavy atom. The molecule has 1 fully saturated rings. The highest BCUT2D eigenvalue weighted by Gasteiger charge is 2.34. The third kappa shape index (κ3) is 3.18. The molecule has 17 heavy (non-hydrogen) atoms. The summed E-state index contributed by atoms with van der Waals surface area (Å²) in [6.07, 6.45) is 1.92. The second-order valence-corrected chi connectivity index (χ2v) is 6.78. The summed E-state index contributed by atoms with van der Waals surface area (Å²) in [6, 6.07) is 1.98. The predicted octanol–water partition coefficient (Wildman–Crippen LogP) is 0.678. The molecule has 2 atom stereocenters. The molecule has 0 spiro atoms. The van der Waals surface area contributed by atoms with Crippen molar-refractivity contribution in [2.75, 3.05) is 13.1 Å². The highest BCUT2D eigenvalue weighted by atomic mass is 32.2. The van der Waals surface area contributed by atoms with E-state index in [1.165, 1.54) is 4.31 Å². The van der Waals surface area contributed by atoms with E-state index in [9.17, 15) is 8.42 Å². The number of rotatable bonds is 4. The summed E-state index contributed by atoms with van der Waals surface area (Å²) in [7, 11) is -3.44. The molecule has 1 heterocycles. The molecule has 2 N–H and O–H groups in total. The number of hydrogen-bond acceptors (Lipinski definition) is 4. The van der Waals surface area contributed by atoms with Crippen molar-refractivity contribution >= 4 is 10.0 Å². The van der Waals surface area contributed by atoms with Gasteiger partial charge in [-0.05, 0) is 32.1 Å². The van der Waals surface area contributed by atoms with Crippen molar-refractivity contribution in [2.24, 2.45) is 11.7 Å². The number of hydrogen-bond donors (Lipinski definition) is 1. The summed E-state index contributed by atoms with van der Waals surface area (Å²) in [5.74, 6) is 0.392. The van der Waals surface area contributed by atoms with Crippen molar-refractivity contribution in [1.82, 2.24) is 4.31 Å². The van der Waals surface area contributed by atoms with Crippen molar-refractivity contribution in [3.63, 3.8) is 0 Å². The van der Waals surface area contributed by atoms with Crippen LogP contribution in [0.5, 0.6) is 0 Å². The van der Waals surface area contributed by atoms with Crippen LogP contribution in [0.1, 0.15) is 33.1 Å². The van der Waals surface area contributed by atoms with E-state index < -0.39 is 15.3 Å². The van der Waals surface area contributed by atoms with Crippen molar-refractivity contribution in [3.05, 3.63) is 0 Å². The van der Waals surface area contributed by atoms with Gasteiger partial charge in [-0.25, -0.2) is 12.7 Å². The quantitative estimate of drug-likeness (QED) is 0.804. The van der Waals surface area contributed by atoms with Gasteiger partial charge in [0.1, 0.15) is 0 Å². The second kappa shape index (κ2) is 5.80. The molecule has 2 unspecified atom stereocenters. The fourth-order valence-corrected chi connectivity index (χ4v) is 3.84. The third-order valence-corrected chi connectivity index (χ3v) is 5.72. The van der Waals surface area contributed by atoms with Crippen LogP contribution in [-0.2, 0) is 10.0 Å². The maximum absolute atomic E-state index is 12.1. The van der Waals surface area contributed by atoms with Gasteiger partial charge in [0.2, 0.25) is 10.0 Å². The minimum absolute atomic E-state index is 0.109. The Balaban J connectivity index is 2.69. The van der Waals surface area contributed by atoms with Crippen molar-refractivity contribution < 1.29 is 8.42 Å². The van der Waals surface area contributed by atoms with E-state index in [1.54, 1.807) is 6.92 Å². The second-order valence-electron chi connectivity index (χ2n) is 4.67. The van der Waals surface area contributed by atoms with E-state index in [2.05, 4.69) is 0 Å². The van der Waals surface area contributed by atoms with Gasteiger partial charge in [-0.15, -0.1) is 0 Å². The molecule has 0 aliphatic carbocycles. The van der Waals surface area contributed by atoms with Gasteiger partial charge in [-0.3, -0.25) is 0 Å². The van der Waals surface area contributed by atoms with Crippen molar-refractivity contribution in [1.29, 1.82) is 5.26 Å². The van der Waals surface area contributed by atoms with Gasteiger partial charge in [-0.1, -0.05) is 6.92 Å². The summed E-state index contributed by atoms with van der Waals surface area (Å²) < 4.78 is 25.6. The Morgan fingerprint density at radius 3 is 2.35 bits per heavy atom. The lowest BCUT2D eigenvalue weighted by atomic mass is 9.92. The predicted molar refractivity (Wildman–Crippen MR) is 66.6 cm³/mol. The van der Waals surface area contributed by atoms with Crippen LogP contribution in [0.4, 0.5) is 0 Å². The monoisotopic (exact) mass is 259 g/mol. The van der Waals surface area contributed by atoms with Crippen LogP contribution in [0.15, 0.2) is 0 Å². The maximum atomic E-state index is 12.1. The summed E-state index contributed by atoms with van der Waals surface area (Å²) >= 11 is 0. The zero-order valence-corrected chi connectivity index (χ0v) is 11.3. The molecule has 5 nitrogen and oxygen atoms in total. The zero-order chi connectivity index (χ0) is 13.1. The summed E-state index contributed by atoms with van der Waals surface area (Å²) in [6.45, 7) is 4.67. The van der Waals surface area contributed by atoms with Gasteiger partial charge in [-0.2, -0.15) is 5.26 Å². The number of nitriles is 1. The van der Waals surface area contributed by atoms with Crippen molar-refractivity contribution in [2.45, 2.75) is 44.4 Å². The molecule has 98 valence electrons.